The second-order valence-corrected chi connectivity index (χ2v) is 5.69. The molecule has 0 amide bonds. The van der Waals surface area contributed by atoms with Gasteiger partial charge in [-0.05, 0) is 57.3 Å². The average molecular weight is 268 g/mol. The van der Waals surface area contributed by atoms with Crippen molar-refractivity contribution in [2.24, 2.45) is 0 Å². The van der Waals surface area contributed by atoms with Gasteiger partial charge >= 0.3 is 0 Å². The first kappa shape index (κ1) is 12.3. The molecule has 0 atom stereocenters. The van der Waals surface area contributed by atoms with Crippen molar-refractivity contribution in [3.63, 3.8) is 0 Å². The fourth-order valence-electron chi connectivity index (χ4n) is 1.71. The molecule has 0 aliphatic heterocycles. The summed E-state index contributed by atoms with van der Waals surface area (Å²) in [7, 11) is 0. The van der Waals surface area contributed by atoms with Gasteiger partial charge in [-0.2, -0.15) is 5.10 Å². The molecule has 1 N–H and O–H groups in total. The molecule has 3 nitrogen and oxygen atoms in total. The number of hydrogen-bond acceptors (Lipinski definition) is 2. The predicted molar refractivity (Wildman–Crippen MR) is 72.9 cm³/mol. The Morgan fingerprint density at radius 1 is 1.24 bits per heavy atom. The first-order valence-corrected chi connectivity index (χ1v) is 6.12. The lowest BCUT2D eigenvalue weighted by molar-refractivity contribution is 0.395. The molecule has 5 heteroatoms. The highest BCUT2D eigenvalue weighted by Crippen LogP contribution is 2.25. The standard InChI is InChI=1S/C12H14ClN3S/c1-12(2,3)16-10(14-15-11(16)17)8-4-6-9(13)7-5-8/h4-7H,1-3H3,(H,15,17). The summed E-state index contributed by atoms with van der Waals surface area (Å²) in [5.74, 6) is 0.833. The van der Waals surface area contributed by atoms with Crippen molar-refractivity contribution in [1.82, 2.24) is 14.8 Å². The van der Waals surface area contributed by atoms with Crippen LogP contribution in [0.1, 0.15) is 20.8 Å². The summed E-state index contributed by atoms with van der Waals surface area (Å²) in [6.45, 7) is 6.28. The van der Waals surface area contributed by atoms with E-state index in [9.17, 15) is 0 Å². The minimum atomic E-state index is -0.112. The number of nitrogens with zero attached hydrogens (tertiary/aromatic N) is 2. The van der Waals surface area contributed by atoms with E-state index in [0.29, 0.717) is 9.79 Å². The number of aromatic nitrogens is 3. The maximum absolute atomic E-state index is 5.88. The van der Waals surface area contributed by atoms with Crippen molar-refractivity contribution in [3.8, 4) is 11.4 Å². The van der Waals surface area contributed by atoms with Gasteiger partial charge in [0.05, 0.1) is 0 Å². The van der Waals surface area contributed by atoms with Crippen LogP contribution in [-0.2, 0) is 5.54 Å². The summed E-state index contributed by atoms with van der Waals surface area (Å²) in [5.41, 5.74) is 0.885. The molecule has 0 bridgehead atoms. The van der Waals surface area contributed by atoms with Crippen LogP contribution in [0, 0.1) is 4.77 Å². The number of H-pyrrole nitrogens is 1. The van der Waals surface area contributed by atoms with Crippen LogP contribution in [0.25, 0.3) is 11.4 Å². The molecule has 0 spiro atoms. The van der Waals surface area contributed by atoms with Crippen molar-refractivity contribution in [3.05, 3.63) is 34.1 Å². The highest BCUT2D eigenvalue weighted by Gasteiger charge is 2.20. The van der Waals surface area contributed by atoms with Crippen LogP contribution in [0.3, 0.4) is 0 Å². The monoisotopic (exact) mass is 267 g/mol. The quantitative estimate of drug-likeness (QED) is 0.792. The van der Waals surface area contributed by atoms with Gasteiger partial charge in [0.1, 0.15) is 0 Å². The Balaban J connectivity index is 2.61. The molecule has 0 saturated heterocycles. The Kier molecular flexibility index (Phi) is 3.10. The average Bonchev–Trinajstić information content (AvgIpc) is 2.61. The van der Waals surface area contributed by atoms with Crippen LogP contribution >= 0.6 is 23.8 Å². The van der Waals surface area contributed by atoms with E-state index in [1.165, 1.54) is 0 Å². The molecule has 0 fully saturated rings. The van der Waals surface area contributed by atoms with Crippen molar-refractivity contribution < 1.29 is 0 Å². The zero-order chi connectivity index (χ0) is 12.6. The number of nitrogens with one attached hydrogen (secondary N) is 1. The highest BCUT2D eigenvalue weighted by molar-refractivity contribution is 7.71. The molecule has 0 aliphatic rings. The van der Waals surface area contributed by atoms with Gasteiger partial charge in [0, 0.05) is 16.1 Å². The third kappa shape index (κ3) is 2.42. The molecular weight excluding hydrogens is 254 g/mol. The summed E-state index contributed by atoms with van der Waals surface area (Å²) in [6.07, 6.45) is 0. The zero-order valence-electron chi connectivity index (χ0n) is 9.99. The van der Waals surface area contributed by atoms with Gasteiger partial charge < -0.3 is 0 Å². The van der Waals surface area contributed by atoms with Crippen LogP contribution in [-0.4, -0.2) is 14.8 Å². The summed E-state index contributed by atoms with van der Waals surface area (Å²) >= 11 is 11.1. The van der Waals surface area contributed by atoms with Crippen LogP contribution in [0.4, 0.5) is 0 Å². The van der Waals surface area contributed by atoms with E-state index in [1.54, 1.807) is 0 Å². The molecule has 0 radical (unpaired) electrons. The molecule has 1 aromatic carbocycles. The molecule has 17 heavy (non-hydrogen) atoms. The summed E-state index contributed by atoms with van der Waals surface area (Å²) in [6, 6.07) is 7.58. The van der Waals surface area contributed by atoms with Gasteiger partial charge in [0.15, 0.2) is 10.6 Å². The van der Waals surface area contributed by atoms with E-state index >= 15 is 0 Å². The van der Waals surface area contributed by atoms with Crippen LogP contribution in [0.2, 0.25) is 5.02 Å². The van der Waals surface area contributed by atoms with Gasteiger partial charge in [-0.1, -0.05) is 11.6 Å². The molecule has 0 unspecified atom stereocenters. The predicted octanol–water partition coefficient (Wildman–Crippen LogP) is 4.02. The maximum atomic E-state index is 5.88. The first-order chi connectivity index (χ1) is 7.89. The molecule has 2 aromatic rings. The largest absolute Gasteiger partial charge is 0.295 e. The van der Waals surface area contributed by atoms with Gasteiger partial charge in [-0.25, -0.2) is 0 Å². The number of aromatic amines is 1. The lowest BCUT2D eigenvalue weighted by Gasteiger charge is -2.22. The Labute approximate surface area is 110 Å². The minimum absolute atomic E-state index is 0.112. The number of benzene rings is 1. The van der Waals surface area contributed by atoms with Gasteiger partial charge in [0.25, 0.3) is 0 Å². The Morgan fingerprint density at radius 3 is 2.35 bits per heavy atom. The van der Waals surface area contributed by atoms with E-state index in [2.05, 4.69) is 31.0 Å². The Bertz CT molecular complexity index is 575. The van der Waals surface area contributed by atoms with E-state index in [1.807, 2.05) is 28.8 Å². The Morgan fingerprint density at radius 2 is 1.82 bits per heavy atom. The highest BCUT2D eigenvalue weighted by atomic mass is 35.5. The smallest absolute Gasteiger partial charge is 0.195 e. The van der Waals surface area contributed by atoms with Crippen molar-refractivity contribution in [2.75, 3.05) is 0 Å². The fourth-order valence-corrected chi connectivity index (χ4v) is 2.24. The molecule has 0 aliphatic carbocycles. The third-order valence-corrected chi connectivity index (χ3v) is 2.97. The molecule has 1 aromatic heterocycles. The van der Waals surface area contributed by atoms with Crippen LogP contribution in [0.15, 0.2) is 24.3 Å². The van der Waals surface area contributed by atoms with Crippen molar-refractivity contribution in [2.45, 2.75) is 26.3 Å². The molecular formula is C12H14ClN3S. The van der Waals surface area contributed by atoms with E-state index in [4.69, 9.17) is 23.8 Å². The third-order valence-electron chi connectivity index (χ3n) is 2.45. The lowest BCUT2D eigenvalue weighted by Crippen LogP contribution is -2.22. The number of halogens is 1. The van der Waals surface area contributed by atoms with E-state index < -0.39 is 0 Å². The SMILES string of the molecule is CC(C)(C)n1c(-c2ccc(Cl)cc2)n[nH]c1=S. The topological polar surface area (TPSA) is 33.6 Å². The Hall–Kier alpha value is -1.13. The molecule has 90 valence electrons. The fraction of sp³-hybridized carbons (Fsp3) is 0.333. The van der Waals surface area contributed by atoms with Gasteiger partial charge in [-0.15, -0.1) is 0 Å². The van der Waals surface area contributed by atoms with E-state index in [0.717, 1.165) is 11.4 Å². The second kappa shape index (κ2) is 4.27. The van der Waals surface area contributed by atoms with Gasteiger partial charge in [-0.3, -0.25) is 9.67 Å². The van der Waals surface area contributed by atoms with Crippen LogP contribution in [0.5, 0.6) is 0 Å². The summed E-state index contributed by atoms with van der Waals surface area (Å²) < 4.78 is 2.63. The number of hydrogen-bond donors (Lipinski definition) is 1. The minimum Gasteiger partial charge on any atom is -0.295 e. The summed E-state index contributed by atoms with van der Waals surface area (Å²) in [4.78, 5) is 0. The lowest BCUT2D eigenvalue weighted by atomic mass is 10.1. The first-order valence-electron chi connectivity index (χ1n) is 5.33. The normalized spacial score (nSPS) is 11.8. The second-order valence-electron chi connectivity index (χ2n) is 4.87. The zero-order valence-corrected chi connectivity index (χ0v) is 11.6. The summed E-state index contributed by atoms with van der Waals surface area (Å²) in [5, 5.41) is 7.84. The van der Waals surface area contributed by atoms with E-state index in [-0.39, 0.29) is 5.54 Å². The van der Waals surface area contributed by atoms with Crippen molar-refractivity contribution in [1.29, 1.82) is 0 Å². The molecule has 1 heterocycles. The van der Waals surface area contributed by atoms with Gasteiger partial charge in [0.2, 0.25) is 0 Å². The molecule has 2 rings (SSSR count). The van der Waals surface area contributed by atoms with Crippen molar-refractivity contribution >= 4 is 23.8 Å². The number of rotatable bonds is 1. The maximum Gasteiger partial charge on any atom is 0.195 e. The molecule has 0 saturated carbocycles. The van der Waals surface area contributed by atoms with Crippen LogP contribution < -0.4 is 0 Å².